The molecule has 0 atom stereocenters. The van der Waals surface area contributed by atoms with E-state index in [0.717, 1.165) is 11.3 Å². The zero-order valence-corrected chi connectivity index (χ0v) is 17.1. The van der Waals surface area contributed by atoms with Crippen molar-refractivity contribution in [1.29, 1.82) is 5.26 Å². The van der Waals surface area contributed by atoms with Gasteiger partial charge in [0.15, 0.2) is 0 Å². The van der Waals surface area contributed by atoms with Gasteiger partial charge in [-0.25, -0.2) is 14.8 Å². The molecule has 0 unspecified atom stereocenters. The number of carbonyl (C=O) groups excluding carboxylic acids is 2. The van der Waals surface area contributed by atoms with Crippen molar-refractivity contribution in [2.24, 2.45) is 0 Å². The van der Waals surface area contributed by atoms with E-state index in [-0.39, 0.29) is 12.5 Å². The number of amides is 2. The number of anilines is 2. The Labute approximate surface area is 183 Å². The van der Waals surface area contributed by atoms with Gasteiger partial charge in [0.25, 0.3) is 5.91 Å². The molecule has 0 bridgehead atoms. The number of aromatic nitrogens is 3. The molecule has 9 heteroatoms. The molecular formula is C23H18N6O3. The van der Waals surface area contributed by atoms with Gasteiger partial charge in [0.1, 0.15) is 18.0 Å². The second kappa shape index (κ2) is 8.97. The van der Waals surface area contributed by atoms with E-state index in [4.69, 9.17) is 0 Å². The highest BCUT2D eigenvalue weighted by Crippen LogP contribution is 2.23. The summed E-state index contributed by atoms with van der Waals surface area (Å²) in [6.45, 7) is -0.0732. The van der Waals surface area contributed by atoms with E-state index in [1.165, 1.54) is 12.0 Å². The highest BCUT2D eigenvalue weighted by molar-refractivity contribution is 6.06. The van der Waals surface area contributed by atoms with Crippen LogP contribution in [0.5, 0.6) is 0 Å². The predicted molar refractivity (Wildman–Crippen MR) is 118 cm³/mol. The Kier molecular flexibility index (Phi) is 5.76. The third-order valence-corrected chi connectivity index (χ3v) is 4.77. The van der Waals surface area contributed by atoms with Crippen molar-refractivity contribution < 1.29 is 14.3 Å². The first-order valence-electron chi connectivity index (χ1n) is 9.63. The summed E-state index contributed by atoms with van der Waals surface area (Å²) in [5, 5.41) is 11.7. The quantitative estimate of drug-likeness (QED) is 0.487. The molecule has 1 aromatic carbocycles. The number of nitrogens with zero attached hydrogens (tertiary/aromatic N) is 5. The fraction of sp³-hybridized carbons (Fsp3) is 0.0870. The maximum atomic E-state index is 13.2. The Balaban J connectivity index is 1.67. The number of imidazole rings is 1. The minimum absolute atomic E-state index is 0.0732. The molecule has 0 saturated heterocycles. The summed E-state index contributed by atoms with van der Waals surface area (Å²) in [6, 6.07) is 17.9. The molecule has 9 nitrogen and oxygen atoms in total. The fourth-order valence-electron chi connectivity index (χ4n) is 3.21. The van der Waals surface area contributed by atoms with Crippen molar-refractivity contribution in [3.05, 3.63) is 78.8 Å². The number of fused-ring (bicyclic) bond motifs is 1. The van der Waals surface area contributed by atoms with Gasteiger partial charge in [-0.05, 0) is 36.4 Å². The summed E-state index contributed by atoms with van der Waals surface area (Å²) in [5.41, 5.74) is 3.17. The van der Waals surface area contributed by atoms with Crippen LogP contribution in [0, 0.1) is 11.3 Å². The van der Waals surface area contributed by atoms with Crippen molar-refractivity contribution in [3.63, 3.8) is 0 Å². The molecule has 0 spiro atoms. The average molecular weight is 426 g/mol. The van der Waals surface area contributed by atoms with Gasteiger partial charge in [0.05, 0.1) is 30.6 Å². The van der Waals surface area contributed by atoms with Crippen molar-refractivity contribution in [2.45, 2.75) is 0 Å². The molecule has 3 aromatic heterocycles. The largest absolute Gasteiger partial charge is 0.453 e. The highest BCUT2D eigenvalue weighted by atomic mass is 16.5. The normalized spacial score (nSPS) is 10.4. The van der Waals surface area contributed by atoms with E-state index in [0.29, 0.717) is 22.7 Å². The molecular weight excluding hydrogens is 408 g/mol. The highest BCUT2D eigenvalue weighted by Gasteiger charge is 2.19. The number of hydrogen-bond donors (Lipinski definition) is 1. The Hall–Kier alpha value is -4.71. The molecule has 0 saturated carbocycles. The molecule has 32 heavy (non-hydrogen) atoms. The zero-order valence-electron chi connectivity index (χ0n) is 17.1. The number of rotatable bonds is 5. The summed E-state index contributed by atoms with van der Waals surface area (Å²) >= 11 is 0. The lowest BCUT2D eigenvalue weighted by atomic mass is 10.2. The third kappa shape index (κ3) is 4.11. The Bertz CT molecular complexity index is 1310. The van der Waals surface area contributed by atoms with E-state index < -0.39 is 6.09 Å². The van der Waals surface area contributed by atoms with Gasteiger partial charge >= 0.3 is 6.09 Å². The number of carbonyl (C=O) groups is 2. The van der Waals surface area contributed by atoms with E-state index in [2.05, 4.69) is 20.0 Å². The number of para-hydroxylation sites is 1. The fourth-order valence-corrected chi connectivity index (χ4v) is 3.21. The monoisotopic (exact) mass is 426 g/mol. The number of methoxy groups -OCH3 is 1. The second-order valence-corrected chi connectivity index (χ2v) is 6.72. The van der Waals surface area contributed by atoms with E-state index >= 15 is 0 Å². The first-order chi connectivity index (χ1) is 15.6. The Morgan fingerprint density at radius 2 is 1.91 bits per heavy atom. The van der Waals surface area contributed by atoms with Gasteiger partial charge in [-0.1, -0.05) is 18.2 Å². The third-order valence-electron chi connectivity index (χ3n) is 4.77. The summed E-state index contributed by atoms with van der Waals surface area (Å²) in [5.74, 6) is 0.0512. The summed E-state index contributed by atoms with van der Waals surface area (Å²) in [4.78, 5) is 34.6. The smallest absolute Gasteiger partial charge is 0.412 e. The predicted octanol–water partition coefficient (Wildman–Crippen LogP) is 3.74. The van der Waals surface area contributed by atoms with Crippen LogP contribution < -0.4 is 10.2 Å². The number of hydrogen-bond acceptors (Lipinski definition) is 6. The van der Waals surface area contributed by atoms with Gasteiger partial charge in [-0.2, -0.15) is 5.26 Å². The first-order valence-corrected chi connectivity index (χ1v) is 9.63. The number of nitrogens with one attached hydrogen (secondary N) is 1. The number of benzene rings is 1. The lowest BCUT2D eigenvalue weighted by molar-refractivity contribution is 0.0989. The molecule has 2 amide bonds. The molecule has 4 aromatic rings. The van der Waals surface area contributed by atoms with Crippen molar-refractivity contribution in [3.8, 4) is 17.3 Å². The minimum Gasteiger partial charge on any atom is -0.453 e. The van der Waals surface area contributed by atoms with Crippen LogP contribution in [0.2, 0.25) is 0 Å². The molecule has 0 fully saturated rings. The van der Waals surface area contributed by atoms with Gasteiger partial charge in [-0.3, -0.25) is 19.4 Å². The molecule has 0 radical (unpaired) electrons. The van der Waals surface area contributed by atoms with E-state index in [1.807, 2.05) is 24.3 Å². The lowest BCUT2D eigenvalue weighted by Crippen LogP contribution is -2.31. The van der Waals surface area contributed by atoms with Crippen molar-refractivity contribution in [1.82, 2.24) is 14.4 Å². The van der Waals surface area contributed by atoms with Crippen molar-refractivity contribution in [2.75, 3.05) is 23.9 Å². The number of pyridine rings is 2. The number of ether oxygens (including phenoxy) is 1. The minimum atomic E-state index is -0.608. The Morgan fingerprint density at radius 3 is 2.59 bits per heavy atom. The molecule has 158 valence electrons. The Morgan fingerprint density at radius 1 is 1.09 bits per heavy atom. The van der Waals surface area contributed by atoms with Gasteiger partial charge in [0.2, 0.25) is 0 Å². The van der Waals surface area contributed by atoms with Gasteiger partial charge in [-0.15, -0.1) is 0 Å². The molecule has 1 N–H and O–H groups in total. The van der Waals surface area contributed by atoms with Crippen LogP contribution >= 0.6 is 0 Å². The van der Waals surface area contributed by atoms with Crippen LogP contribution in [0.15, 0.2) is 73.2 Å². The number of nitriles is 1. The topological polar surface area (TPSA) is 113 Å². The van der Waals surface area contributed by atoms with Crippen LogP contribution in [-0.2, 0) is 4.74 Å². The zero-order chi connectivity index (χ0) is 22.5. The van der Waals surface area contributed by atoms with Crippen LogP contribution in [0.1, 0.15) is 10.4 Å². The maximum Gasteiger partial charge on any atom is 0.412 e. The summed E-state index contributed by atoms with van der Waals surface area (Å²) in [6.07, 6.45) is 4.35. The molecule has 0 aliphatic rings. The maximum absolute atomic E-state index is 13.2. The first kappa shape index (κ1) is 20.6. The molecule has 0 aliphatic carbocycles. The van der Waals surface area contributed by atoms with Crippen LogP contribution in [0.3, 0.4) is 0 Å². The van der Waals surface area contributed by atoms with E-state index in [1.54, 1.807) is 59.4 Å². The van der Waals surface area contributed by atoms with Crippen LogP contribution in [-0.4, -0.2) is 40.0 Å². The van der Waals surface area contributed by atoms with Crippen molar-refractivity contribution >= 4 is 29.2 Å². The average Bonchev–Trinajstić information content (AvgIpc) is 3.26. The molecule has 4 rings (SSSR count). The summed E-state index contributed by atoms with van der Waals surface area (Å²) < 4.78 is 6.34. The summed E-state index contributed by atoms with van der Waals surface area (Å²) in [7, 11) is 1.27. The standard InChI is InChI=1S/C23H18N6O3/c1-32-23(31)27-20-9-7-16(13-25-20)19-14-26-21-10-8-17(15-29(19)21)22(30)28(12-11-24)18-5-3-2-4-6-18/h2-10,13-15H,12H2,1H3,(H,25,27,31). The van der Waals surface area contributed by atoms with Gasteiger partial charge < -0.3 is 4.74 Å². The van der Waals surface area contributed by atoms with E-state index in [9.17, 15) is 14.9 Å². The molecule has 0 aliphatic heterocycles. The van der Waals surface area contributed by atoms with Gasteiger partial charge in [0, 0.05) is 23.6 Å². The van der Waals surface area contributed by atoms with Crippen LogP contribution in [0.25, 0.3) is 16.9 Å². The second-order valence-electron chi connectivity index (χ2n) is 6.72. The lowest BCUT2D eigenvalue weighted by Gasteiger charge is -2.20. The SMILES string of the molecule is COC(=O)Nc1ccc(-c2cnc3ccc(C(=O)N(CC#N)c4ccccc4)cn23)cn1. The molecule has 3 heterocycles. The van der Waals surface area contributed by atoms with Crippen LogP contribution in [0.4, 0.5) is 16.3 Å².